The number of hydrogen-bond acceptors (Lipinski definition) is 2. The highest BCUT2D eigenvalue weighted by Crippen LogP contribution is 2.43. The number of ether oxygens (including phenoxy) is 2. The van der Waals surface area contributed by atoms with Crippen molar-refractivity contribution in [2.45, 2.75) is 18.6 Å². The third kappa shape index (κ3) is 1.27. The van der Waals surface area contributed by atoms with Crippen LogP contribution >= 0.6 is 0 Å². The maximum Gasteiger partial charge on any atom is 0.259 e. The van der Waals surface area contributed by atoms with Crippen molar-refractivity contribution in [1.82, 2.24) is 0 Å². The lowest BCUT2D eigenvalue weighted by atomic mass is 10.0. The summed E-state index contributed by atoms with van der Waals surface area (Å²) in [7, 11) is 0. The van der Waals surface area contributed by atoms with E-state index >= 15 is 0 Å². The Morgan fingerprint density at radius 2 is 1.18 bits per heavy atom. The van der Waals surface area contributed by atoms with Crippen molar-refractivity contribution in [3.8, 4) is 11.5 Å². The van der Waals surface area contributed by atoms with Crippen molar-refractivity contribution in [2.75, 3.05) is 0 Å². The minimum absolute atomic E-state index is 0.493. The number of hydrogen-bond donors (Lipinski definition) is 0. The largest absolute Gasteiger partial charge is 0.451 e. The predicted octanol–water partition coefficient (Wildman–Crippen LogP) is 2.95. The van der Waals surface area contributed by atoms with Crippen LogP contribution in [0.3, 0.4) is 0 Å². The molecule has 0 N–H and O–H groups in total. The van der Waals surface area contributed by atoms with E-state index < -0.39 is 5.79 Å². The zero-order chi connectivity index (χ0) is 11.3. The summed E-state index contributed by atoms with van der Waals surface area (Å²) in [6, 6.07) is 16.3. The van der Waals surface area contributed by atoms with Crippen LogP contribution in [0.1, 0.15) is 11.1 Å². The molecule has 1 spiro atoms. The molecule has 2 aliphatic rings. The molecule has 17 heavy (non-hydrogen) atoms. The normalized spacial score (nSPS) is 18.4. The van der Waals surface area contributed by atoms with Gasteiger partial charge in [0.2, 0.25) is 0 Å². The molecule has 2 heterocycles. The van der Waals surface area contributed by atoms with Gasteiger partial charge in [0.1, 0.15) is 11.5 Å². The van der Waals surface area contributed by atoms with Gasteiger partial charge in [0.15, 0.2) is 0 Å². The summed E-state index contributed by atoms with van der Waals surface area (Å²) >= 11 is 0. The minimum Gasteiger partial charge on any atom is -0.451 e. The van der Waals surface area contributed by atoms with Crippen LogP contribution in [0.25, 0.3) is 0 Å². The van der Waals surface area contributed by atoms with Gasteiger partial charge in [-0.2, -0.15) is 0 Å². The Morgan fingerprint density at radius 3 is 1.65 bits per heavy atom. The van der Waals surface area contributed by atoms with Gasteiger partial charge in [-0.1, -0.05) is 36.4 Å². The monoisotopic (exact) mass is 224 g/mol. The van der Waals surface area contributed by atoms with Crippen LogP contribution in [-0.2, 0) is 12.8 Å². The van der Waals surface area contributed by atoms with E-state index in [0.29, 0.717) is 0 Å². The molecule has 0 amide bonds. The highest BCUT2D eigenvalue weighted by atomic mass is 16.7. The van der Waals surface area contributed by atoms with Crippen molar-refractivity contribution < 1.29 is 9.47 Å². The van der Waals surface area contributed by atoms with Gasteiger partial charge in [0, 0.05) is 11.1 Å². The van der Waals surface area contributed by atoms with Gasteiger partial charge >= 0.3 is 0 Å². The summed E-state index contributed by atoms with van der Waals surface area (Å²) in [5, 5.41) is 0. The molecule has 0 saturated heterocycles. The quantitative estimate of drug-likeness (QED) is 0.685. The van der Waals surface area contributed by atoms with Gasteiger partial charge in [0.05, 0.1) is 12.8 Å². The molecule has 4 rings (SSSR count). The summed E-state index contributed by atoms with van der Waals surface area (Å²) in [6.45, 7) is 0. The first-order chi connectivity index (χ1) is 8.35. The maximum absolute atomic E-state index is 6.02. The van der Waals surface area contributed by atoms with Crippen LogP contribution in [0.4, 0.5) is 0 Å². The van der Waals surface area contributed by atoms with Crippen LogP contribution in [-0.4, -0.2) is 5.79 Å². The van der Waals surface area contributed by atoms with Crippen molar-refractivity contribution in [3.05, 3.63) is 59.7 Å². The molecule has 0 saturated carbocycles. The SMILES string of the molecule is c1ccc2c(c1)CC1(Cc3ccccc3O1)O2. The average molecular weight is 224 g/mol. The Hall–Kier alpha value is -1.96. The fourth-order valence-corrected chi connectivity index (χ4v) is 2.71. The molecule has 2 aromatic carbocycles. The van der Waals surface area contributed by atoms with Gasteiger partial charge in [-0.3, -0.25) is 0 Å². The van der Waals surface area contributed by atoms with E-state index in [1.807, 2.05) is 36.4 Å². The molecular formula is C15H12O2. The number of fused-ring (bicyclic) bond motifs is 2. The summed E-state index contributed by atoms with van der Waals surface area (Å²) in [5.41, 5.74) is 2.47. The second kappa shape index (κ2) is 3.04. The summed E-state index contributed by atoms with van der Waals surface area (Å²) in [4.78, 5) is 0. The molecule has 84 valence electrons. The van der Waals surface area contributed by atoms with E-state index in [1.165, 1.54) is 11.1 Å². The Kier molecular flexibility index (Phi) is 1.63. The van der Waals surface area contributed by atoms with E-state index in [4.69, 9.17) is 9.47 Å². The molecular weight excluding hydrogens is 212 g/mol. The lowest BCUT2D eigenvalue weighted by Crippen LogP contribution is -2.39. The molecule has 0 atom stereocenters. The Balaban J connectivity index is 1.72. The van der Waals surface area contributed by atoms with Crippen LogP contribution in [0.15, 0.2) is 48.5 Å². The van der Waals surface area contributed by atoms with Gasteiger partial charge < -0.3 is 9.47 Å². The first-order valence-corrected chi connectivity index (χ1v) is 5.89. The highest BCUT2D eigenvalue weighted by Gasteiger charge is 2.46. The summed E-state index contributed by atoms with van der Waals surface area (Å²) in [5.74, 6) is 1.42. The lowest BCUT2D eigenvalue weighted by molar-refractivity contribution is -0.0789. The van der Waals surface area contributed by atoms with Gasteiger partial charge in [0.25, 0.3) is 5.79 Å². The highest BCUT2D eigenvalue weighted by molar-refractivity contribution is 5.44. The second-order valence-electron chi connectivity index (χ2n) is 4.68. The molecule has 0 fully saturated rings. The minimum atomic E-state index is -0.493. The molecule has 0 unspecified atom stereocenters. The second-order valence-corrected chi connectivity index (χ2v) is 4.68. The van der Waals surface area contributed by atoms with E-state index in [-0.39, 0.29) is 0 Å². The van der Waals surface area contributed by atoms with Crippen molar-refractivity contribution in [2.24, 2.45) is 0 Å². The molecule has 0 bridgehead atoms. The van der Waals surface area contributed by atoms with Gasteiger partial charge in [-0.05, 0) is 12.1 Å². The van der Waals surface area contributed by atoms with E-state index in [9.17, 15) is 0 Å². The molecule has 0 radical (unpaired) electrons. The van der Waals surface area contributed by atoms with Crippen LogP contribution in [0.5, 0.6) is 11.5 Å². The number of rotatable bonds is 0. The van der Waals surface area contributed by atoms with Crippen molar-refractivity contribution >= 4 is 0 Å². The first kappa shape index (κ1) is 9.11. The zero-order valence-corrected chi connectivity index (χ0v) is 9.35. The molecule has 0 aromatic heterocycles. The number of benzene rings is 2. The molecule has 2 aromatic rings. The fraction of sp³-hybridized carbons (Fsp3) is 0.200. The van der Waals surface area contributed by atoms with E-state index in [0.717, 1.165) is 24.3 Å². The third-order valence-electron chi connectivity index (χ3n) is 3.46. The Morgan fingerprint density at radius 1 is 0.706 bits per heavy atom. The molecule has 2 nitrogen and oxygen atoms in total. The van der Waals surface area contributed by atoms with Crippen LogP contribution in [0.2, 0.25) is 0 Å². The van der Waals surface area contributed by atoms with Crippen molar-refractivity contribution in [3.63, 3.8) is 0 Å². The van der Waals surface area contributed by atoms with Crippen molar-refractivity contribution in [1.29, 1.82) is 0 Å². The maximum atomic E-state index is 6.02. The fourth-order valence-electron chi connectivity index (χ4n) is 2.71. The lowest BCUT2D eigenvalue weighted by Gasteiger charge is -2.22. The van der Waals surface area contributed by atoms with Gasteiger partial charge in [-0.15, -0.1) is 0 Å². The summed E-state index contributed by atoms with van der Waals surface area (Å²) in [6.07, 6.45) is 1.66. The number of para-hydroxylation sites is 2. The van der Waals surface area contributed by atoms with Crippen LogP contribution in [0, 0.1) is 0 Å². The van der Waals surface area contributed by atoms with E-state index in [1.54, 1.807) is 0 Å². The Labute approximate surface area is 99.8 Å². The zero-order valence-electron chi connectivity index (χ0n) is 9.35. The smallest absolute Gasteiger partial charge is 0.259 e. The standard InChI is InChI=1S/C15H12O2/c1-3-7-13-11(5-1)9-15(16-13)10-12-6-2-4-8-14(12)17-15/h1-8H,9-10H2. The Bertz CT molecular complexity index is 482. The topological polar surface area (TPSA) is 18.5 Å². The third-order valence-corrected chi connectivity index (χ3v) is 3.46. The molecule has 0 aliphatic carbocycles. The molecule has 2 aliphatic heterocycles. The van der Waals surface area contributed by atoms with Gasteiger partial charge in [-0.25, -0.2) is 0 Å². The predicted molar refractivity (Wildman–Crippen MR) is 64.3 cm³/mol. The molecule has 2 heteroatoms. The van der Waals surface area contributed by atoms with Crippen LogP contribution < -0.4 is 9.47 Å². The summed E-state index contributed by atoms with van der Waals surface area (Å²) < 4.78 is 12.0. The van der Waals surface area contributed by atoms with E-state index in [2.05, 4.69) is 12.1 Å². The average Bonchev–Trinajstić information content (AvgIpc) is 2.87. The first-order valence-electron chi connectivity index (χ1n) is 5.89.